The second-order valence-corrected chi connectivity index (χ2v) is 4.86. The molecule has 0 bridgehead atoms. The zero-order valence-electron chi connectivity index (χ0n) is 11.5. The lowest BCUT2D eigenvalue weighted by Crippen LogP contribution is -2.49. The van der Waals surface area contributed by atoms with Gasteiger partial charge in [-0.25, -0.2) is 4.79 Å². The first-order valence-electron chi connectivity index (χ1n) is 6.28. The first kappa shape index (κ1) is 14.7. The number of amides is 2. The molecule has 1 heterocycles. The number of Topliss-reactive ketones (excluding diaryl/α,β-unsaturated/α-hetero) is 1. The maximum atomic E-state index is 12.0. The van der Waals surface area contributed by atoms with Crippen molar-refractivity contribution in [3.63, 3.8) is 0 Å². The van der Waals surface area contributed by atoms with Gasteiger partial charge in [-0.1, -0.05) is 11.6 Å². The number of anilines is 1. The van der Waals surface area contributed by atoms with E-state index in [4.69, 9.17) is 5.11 Å². The van der Waals surface area contributed by atoms with Gasteiger partial charge in [0.1, 0.15) is 6.04 Å². The second kappa shape index (κ2) is 5.35. The summed E-state index contributed by atoms with van der Waals surface area (Å²) >= 11 is 0. The summed E-state index contributed by atoms with van der Waals surface area (Å²) in [4.78, 5) is 47.1. The summed E-state index contributed by atoms with van der Waals surface area (Å²) in [6.07, 6.45) is 0. The van der Waals surface area contributed by atoms with E-state index in [2.05, 4.69) is 5.32 Å². The van der Waals surface area contributed by atoms with Gasteiger partial charge in [-0.15, -0.1) is 0 Å². The van der Waals surface area contributed by atoms with Crippen molar-refractivity contribution in [2.24, 2.45) is 0 Å². The fourth-order valence-corrected chi connectivity index (χ4v) is 2.21. The highest BCUT2D eigenvalue weighted by Gasteiger charge is 2.38. The monoisotopic (exact) mass is 290 g/mol. The minimum atomic E-state index is -1.27. The summed E-state index contributed by atoms with van der Waals surface area (Å²) in [6.45, 7) is 2.68. The molecule has 110 valence electrons. The first-order chi connectivity index (χ1) is 9.81. The molecule has 1 aromatic carbocycles. The SMILES string of the molecule is CC(=O)NC(CN1C(=O)C(=O)c2cc(C)ccc21)C(=O)O. The summed E-state index contributed by atoms with van der Waals surface area (Å²) in [6, 6.07) is 3.64. The zero-order chi connectivity index (χ0) is 15.7. The van der Waals surface area contributed by atoms with Gasteiger partial charge in [0.05, 0.1) is 17.8 Å². The molecule has 7 heteroatoms. The third-order valence-electron chi connectivity index (χ3n) is 3.17. The number of aryl methyl sites for hydroxylation is 1. The van der Waals surface area contributed by atoms with Crippen molar-refractivity contribution in [1.82, 2.24) is 5.32 Å². The van der Waals surface area contributed by atoms with Crippen LogP contribution in [0.3, 0.4) is 0 Å². The molecule has 0 fully saturated rings. The van der Waals surface area contributed by atoms with Crippen molar-refractivity contribution in [3.05, 3.63) is 29.3 Å². The van der Waals surface area contributed by atoms with Crippen molar-refractivity contribution in [2.45, 2.75) is 19.9 Å². The Morgan fingerprint density at radius 3 is 2.57 bits per heavy atom. The van der Waals surface area contributed by atoms with Crippen LogP contribution in [-0.4, -0.2) is 41.3 Å². The van der Waals surface area contributed by atoms with Crippen molar-refractivity contribution in [2.75, 3.05) is 11.4 Å². The maximum absolute atomic E-state index is 12.0. The average molecular weight is 290 g/mol. The van der Waals surface area contributed by atoms with Crippen molar-refractivity contribution >= 4 is 29.3 Å². The van der Waals surface area contributed by atoms with Crippen LogP contribution in [-0.2, 0) is 14.4 Å². The normalized spacial score (nSPS) is 14.9. The number of hydrogen-bond donors (Lipinski definition) is 2. The second-order valence-electron chi connectivity index (χ2n) is 4.86. The molecule has 0 saturated carbocycles. The molecule has 1 aromatic rings. The predicted molar refractivity (Wildman–Crippen MR) is 73.1 cm³/mol. The van der Waals surface area contributed by atoms with Crippen LogP contribution in [0.25, 0.3) is 0 Å². The third kappa shape index (κ3) is 2.76. The Morgan fingerprint density at radius 1 is 1.33 bits per heavy atom. The topological polar surface area (TPSA) is 104 Å². The van der Waals surface area contributed by atoms with E-state index in [1.807, 2.05) is 0 Å². The zero-order valence-corrected chi connectivity index (χ0v) is 11.5. The van der Waals surface area contributed by atoms with Crippen molar-refractivity contribution < 1.29 is 24.3 Å². The van der Waals surface area contributed by atoms with Crippen LogP contribution in [0.5, 0.6) is 0 Å². The van der Waals surface area contributed by atoms with Gasteiger partial charge in [-0.3, -0.25) is 14.4 Å². The molecule has 2 rings (SSSR count). The van der Waals surface area contributed by atoms with Crippen LogP contribution in [0.15, 0.2) is 18.2 Å². The largest absolute Gasteiger partial charge is 0.480 e. The molecule has 0 aromatic heterocycles. The maximum Gasteiger partial charge on any atom is 0.328 e. The van der Waals surface area contributed by atoms with Gasteiger partial charge in [-0.05, 0) is 19.1 Å². The van der Waals surface area contributed by atoms with Crippen LogP contribution >= 0.6 is 0 Å². The minimum absolute atomic E-state index is 0.256. The minimum Gasteiger partial charge on any atom is -0.480 e. The first-order valence-corrected chi connectivity index (χ1v) is 6.28. The van der Waals surface area contributed by atoms with E-state index in [0.717, 1.165) is 10.5 Å². The Bertz CT molecular complexity index is 653. The Kier molecular flexibility index (Phi) is 3.75. The van der Waals surface area contributed by atoms with Crippen molar-refractivity contribution in [1.29, 1.82) is 0 Å². The number of fused-ring (bicyclic) bond motifs is 1. The van der Waals surface area contributed by atoms with E-state index in [1.165, 1.54) is 6.92 Å². The molecule has 2 amide bonds. The molecule has 0 spiro atoms. The number of carbonyl (C=O) groups excluding carboxylic acids is 3. The molecule has 0 radical (unpaired) electrons. The van der Waals surface area contributed by atoms with E-state index < -0.39 is 29.6 Å². The Hall–Kier alpha value is -2.70. The number of carboxylic acid groups (broad SMARTS) is 1. The molecule has 0 saturated heterocycles. The van der Waals surface area contributed by atoms with Crippen LogP contribution in [0.1, 0.15) is 22.8 Å². The number of aliphatic carboxylic acids is 1. The number of carboxylic acids is 1. The lowest BCUT2D eigenvalue weighted by Gasteiger charge is -2.21. The lowest BCUT2D eigenvalue weighted by atomic mass is 10.1. The van der Waals surface area contributed by atoms with E-state index in [0.29, 0.717) is 5.69 Å². The molecule has 1 aliphatic heterocycles. The van der Waals surface area contributed by atoms with Crippen LogP contribution in [0.2, 0.25) is 0 Å². The molecule has 1 aliphatic rings. The molecule has 21 heavy (non-hydrogen) atoms. The molecule has 1 atom stereocenters. The number of nitrogens with zero attached hydrogens (tertiary/aromatic N) is 1. The highest BCUT2D eigenvalue weighted by atomic mass is 16.4. The van der Waals surface area contributed by atoms with Gasteiger partial charge < -0.3 is 15.3 Å². The van der Waals surface area contributed by atoms with E-state index in [9.17, 15) is 19.2 Å². The van der Waals surface area contributed by atoms with Gasteiger partial charge >= 0.3 is 5.97 Å². The van der Waals surface area contributed by atoms with Crippen LogP contribution in [0.4, 0.5) is 5.69 Å². The van der Waals surface area contributed by atoms with E-state index >= 15 is 0 Å². The molecular formula is C14H14N2O5. The summed E-state index contributed by atoms with van der Waals surface area (Å²) in [5.41, 5.74) is 1.45. The smallest absolute Gasteiger partial charge is 0.328 e. The van der Waals surface area contributed by atoms with Gasteiger partial charge in [0.25, 0.3) is 11.7 Å². The van der Waals surface area contributed by atoms with Crippen molar-refractivity contribution in [3.8, 4) is 0 Å². The highest BCUT2D eigenvalue weighted by molar-refractivity contribution is 6.52. The number of carbonyl (C=O) groups is 4. The summed E-state index contributed by atoms with van der Waals surface area (Å²) in [7, 11) is 0. The predicted octanol–water partition coefficient (Wildman–Crippen LogP) is 0.114. The van der Waals surface area contributed by atoms with Gasteiger partial charge in [0, 0.05) is 6.92 Å². The van der Waals surface area contributed by atoms with Crippen LogP contribution < -0.4 is 10.2 Å². The quantitative estimate of drug-likeness (QED) is 0.766. The van der Waals surface area contributed by atoms with Gasteiger partial charge in [0.2, 0.25) is 5.91 Å². The number of nitrogens with one attached hydrogen (secondary N) is 1. The summed E-state index contributed by atoms with van der Waals surface area (Å²) < 4.78 is 0. The average Bonchev–Trinajstić information content (AvgIpc) is 2.62. The van der Waals surface area contributed by atoms with Gasteiger partial charge in [0.15, 0.2) is 0 Å². The molecule has 0 aliphatic carbocycles. The Morgan fingerprint density at radius 2 is 2.00 bits per heavy atom. The standard InChI is InChI=1S/C14H14N2O5/c1-7-3-4-11-9(5-7)12(18)13(19)16(11)6-10(14(20)21)15-8(2)17/h3-5,10H,6H2,1-2H3,(H,15,17)(H,20,21). The lowest BCUT2D eigenvalue weighted by molar-refractivity contribution is -0.141. The molecule has 7 nitrogen and oxygen atoms in total. The van der Waals surface area contributed by atoms with Gasteiger partial charge in [-0.2, -0.15) is 0 Å². The molecule has 1 unspecified atom stereocenters. The number of ketones is 1. The number of benzene rings is 1. The Labute approximate surface area is 120 Å². The highest BCUT2D eigenvalue weighted by Crippen LogP contribution is 2.29. The Balaban J connectivity index is 2.32. The number of rotatable bonds is 4. The van der Waals surface area contributed by atoms with Crippen LogP contribution in [0, 0.1) is 6.92 Å². The van der Waals surface area contributed by atoms with E-state index in [-0.39, 0.29) is 12.1 Å². The molecule has 2 N–H and O–H groups in total. The summed E-state index contributed by atoms with van der Waals surface area (Å²) in [5.74, 6) is -3.25. The number of hydrogen-bond acceptors (Lipinski definition) is 4. The fraction of sp³-hybridized carbons (Fsp3) is 0.286. The summed E-state index contributed by atoms with van der Waals surface area (Å²) in [5, 5.41) is 11.3. The van der Waals surface area contributed by atoms with E-state index in [1.54, 1.807) is 25.1 Å². The third-order valence-corrected chi connectivity index (χ3v) is 3.17. The fourth-order valence-electron chi connectivity index (χ4n) is 2.21. The molecular weight excluding hydrogens is 276 g/mol.